The number of hydrogen-bond acceptors (Lipinski definition) is 4. The summed E-state index contributed by atoms with van der Waals surface area (Å²) in [5, 5.41) is 5.51. The van der Waals surface area contributed by atoms with E-state index in [9.17, 15) is 4.79 Å². The molecule has 0 aliphatic carbocycles. The zero-order valence-electron chi connectivity index (χ0n) is 13.9. The van der Waals surface area contributed by atoms with Crippen LogP contribution in [-0.2, 0) is 16.0 Å². The van der Waals surface area contributed by atoms with Crippen LogP contribution in [0.3, 0.4) is 0 Å². The normalized spacial score (nSPS) is 14.0. The third-order valence-corrected chi connectivity index (χ3v) is 3.72. The summed E-state index contributed by atoms with van der Waals surface area (Å²) in [5.74, 6) is 1.11. The van der Waals surface area contributed by atoms with Crippen LogP contribution >= 0.6 is 0 Å². The molecule has 0 bridgehead atoms. The van der Waals surface area contributed by atoms with Gasteiger partial charge in [0.25, 0.3) is 0 Å². The van der Waals surface area contributed by atoms with E-state index >= 15 is 0 Å². The Morgan fingerprint density at radius 1 is 1.13 bits per heavy atom. The van der Waals surface area contributed by atoms with E-state index < -0.39 is 0 Å². The second-order valence-corrected chi connectivity index (χ2v) is 5.61. The minimum atomic E-state index is 0.236. The molecule has 1 fully saturated rings. The van der Waals surface area contributed by atoms with Crippen LogP contribution < -0.4 is 10.1 Å². The molecule has 0 unspecified atom stereocenters. The number of benzene rings is 2. The quantitative estimate of drug-likeness (QED) is 0.942. The van der Waals surface area contributed by atoms with Gasteiger partial charge < -0.3 is 19.6 Å². The smallest absolute Gasteiger partial charge is 0.130 e. The van der Waals surface area contributed by atoms with Crippen molar-refractivity contribution in [1.82, 2.24) is 5.32 Å². The fourth-order valence-electron chi connectivity index (χ4n) is 2.39. The number of carbonyl (C=O) groups excluding carboxylic acids is 1. The number of nitrogens with one attached hydrogen (secondary N) is 1. The summed E-state index contributed by atoms with van der Waals surface area (Å²) in [7, 11) is 1.67. The molecule has 2 aromatic rings. The third kappa shape index (κ3) is 6.00. The molecule has 0 atom stereocenters. The lowest BCUT2D eigenvalue weighted by Crippen LogP contribution is -2.30. The van der Waals surface area contributed by atoms with Crippen molar-refractivity contribution in [3.05, 3.63) is 42.0 Å². The molecule has 0 saturated carbocycles. The van der Waals surface area contributed by atoms with Crippen LogP contribution in [0.2, 0.25) is 0 Å². The molecule has 0 spiro atoms. The Morgan fingerprint density at radius 2 is 1.83 bits per heavy atom. The van der Waals surface area contributed by atoms with Crippen molar-refractivity contribution in [2.45, 2.75) is 19.8 Å². The average Bonchev–Trinajstić information content (AvgIpc) is 2.61. The number of rotatable bonds is 4. The van der Waals surface area contributed by atoms with E-state index in [0.717, 1.165) is 43.9 Å². The molecular weight excluding hydrogens is 290 g/mol. The van der Waals surface area contributed by atoms with Gasteiger partial charge in [-0.2, -0.15) is 0 Å². The van der Waals surface area contributed by atoms with E-state index in [2.05, 4.69) is 23.5 Å². The molecule has 23 heavy (non-hydrogen) atoms. The van der Waals surface area contributed by atoms with Crippen molar-refractivity contribution in [2.24, 2.45) is 0 Å². The number of ketones is 1. The number of hydrogen-bond donors (Lipinski definition) is 1. The first-order valence-corrected chi connectivity index (χ1v) is 8.03. The molecule has 124 valence electrons. The topological polar surface area (TPSA) is 47.6 Å². The predicted molar refractivity (Wildman–Crippen MR) is 93.2 cm³/mol. The van der Waals surface area contributed by atoms with Gasteiger partial charge in [-0.25, -0.2) is 0 Å². The first-order valence-electron chi connectivity index (χ1n) is 8.03. The van der Waals surface area contributed by atoms with Crippen molar-refractivity contribution < 1.29 is 14.3 Å². The number of methoxy groups -OCH3 is 1. The van der Waals surface area contributed by atoms with Crippen LogP contribution in [0.1, 0.15) is 18.9 Å². The van der Waals surface area contributed by atoms with Crippen molar-refractivity contribution in [3.63, 3.8) is 0 Å². The summed E-state index contributed by atoms with van der Waals surface area (Å²) in [5.41, 5.74) is 1.21. The fourth-order valence-corrected chi connectivity index (χ4v) is 2.39. The van der Waals surface area contributed by atoms with Crippen molar-refractivity contribution in [2.75, 3.05) is 33.4 Å². The summed E-state index contributed by atoms with van der Waals surface area (Å²) < 4.78 is 10.2. The maximum atomic E-state index is 10.9. The molecule has 1 N–H and O–H groups in total. The van der Waals surface area contributed by atoms with Gasteiger partial charge in [0.15, 0.2) is 0 Å². The van der Waals surface area contributed by atoms with Crippen LogP contribution in [0.15, 0.2) is 36.4 Å². The van der Waals surface area contributed by atoms with Crippen LogP contribution in [-0.4, -0.2) is 39.2 Å². The average molecular weight is 315 g/mol. The highest BCUT2D eigenvalue weighted by Crippen LogP contribution is 2.22. The van der Waals surface area contributed by atoms with Gasteiger partial charge in [-0.3, -0.25) is 0 Å². The molecule has 4 nitrogen and oxygen atoms in total. The van der Waals surface area contributed by atoms with Gasteiger partial charge in [0, 0.05) is 19.5 Å². The second kappa shape index (κ2) is 9.28. The van der Waals surface area contributed by atoms with Crippen LogP contribution in [0.4, 0.5) is 0 Å². The van der Waals surface area contributed by atoms with Crippen LogP contribution in [0.5, 0.6) is 5.75 Å². The molecule has 0 amide bonds. The highest BCUT2D eigenvalue weighted by atomic mass is 16.5. The number of morpholine rings is 1. The number of aryl methyl sites for hydroxylation is 1. The van der Waals surface area contributed by atoms with E-state index in [-0.39, 0.29) is 5.78 Å². The summed E-state index contributed by atoms with van der Waals surface area (Å²) in [4.78, 5) is 10.9. The molecule has 0 radical (unpaired) electrons. The standard InChI is InChI=1S/C15H16O2.C4H9NO/c1-11(16)3-4-12-5-6-14-10-15(17-2)8-7-13(14)9-12;1-3-6-4-2-5-1/h5-10H,3-4H2,1-2H3;5H,1-4H2. The number of ether oxygens (including phenoxy) is 2. The van der Waals surface area contributed by atoms with Gasteiger partial charge in [-0.15, -0.1) is 0 Å². The predicted octanol–water partition coefficient (Wildman–Crippen LogP) is 2.98. The lowest BCUT2D eigenvalue weighted by molar-refractivity contribution is -0.116. The van der Waals surface area contributed by atoms with Gasteiger partial charge in [0.2, 0.25) is 0 Å². The molecule has 0 aromatic heterocycles. The monoisotopic (exact) mass is 315 g/mol. The van der Waals surface area contributed by atoms with Crippen molar-refractivity contribution >= 4 is 16.6 Å². The Kier molecular flexibility index (Phi) is 7.04. The maximum absolute atomic E-state index is 10.9. The van der Waals surface area contributed by atoms with Gasteiger partial charge in [0.05, 0.1) is 20.3 Å². The molecule has 3 rings (SSSR count). The summed E-state index contributed by atoms with van der Waals surface area (Å²) >= 11 is 0. The summed E-state index contributed by atoms with van der Waals surface area (Å²) in [6, 6.07) is 12.3. The van der Waals surface area contributed by atoms with Crippen molar-refractivity contribution in [1.29, 1.82) is 0 Å². The van der Waals surface area contributed by atoms with Crippen LogP contribution in [0.25, 0.3) is 10.8 Å². The fraction of sp³-hybridized carbons (Fsp3) is 0.421. The Morgan fingerprint density at radius 3 is 2.39 bits per heavy atom. The van der Waals surface area contributed by atoms with E-state index in [1.165, 1.54) is 10.9 Å². The minimum Gasteiger partial charge on any atom is -0.497 e. The van der Waals surface area contributed by atoms with E-state index in [1.54, 1.807) is 14.0 Å². The Labute approximate surface area is 137 Å². The highest BCUT2D eigenvalue weighted by molar-refractivity contribution is 5.84. The van der Waals surface area contributed by atoms with Crippen LogP contribution in [0, 0.1) is 0 Å². The number of fused-ring (bicyclic) bond motifs is 1. The SMILES string of the molecule is C1COCCN1.COc1ccc2cc(CCC(C)=O)ccc2c1. The Hall–Kier alpha value is -1.91. The lowest BCUT2D eigenvalue weighted by atomic mass is 10.0. The molecular formula is C19H25NO3. The zero-order valence-corrected chi connectivity index (χ0v) is 13.9. The largest absolute Gasteiger partial charge is 0.497 e. The van der Waals surface area contributed by atoms with E-state index in [4.69, 9.17) is 9.47 Å². The van der Waals surface area contributed by atoms with Gasteiger partial charge >= 0.3 is 0 Å². The third-order valence-electron chi connectivity index (χ3n) is 3.72. The Balaban J connectivity index is 0.000000268. The van der Waals surface area contributed by atoms with Gasteiger partial charge in [0.1, 0.15) is 11.5 Å². The maximum Gasteiger partial charge on any atom is 0.130 e. The molecule has 1 aliphatic rings. The molecule has 2 aromatic carbocycles. The van der Waals surface area contributed by atoms with E-state index in [1.807, 2.05) is 18.2 Å². The first-order chi connectivity index (χ1) is 11.2. The zero-order chi connectivity index (χ0) is 16.5. The highest BCUT2D eigenvalue weighted by Gasteiger charge is 2.00. The molecule has 4 heteroatoms. The van der Waals surface area contributed by atoms with Gasteiger partial charge in [-0.05, 0) is 41.8 Å². The second-order valence-electron chi connectivity index (χ2n) is 5.61. The molecule has 1 saturated heterocycles. The summed E-state index contributed by atoms with van der Waals surface area (Å²) in [6.07, 6.45) is 1.43. The van der Waals surface area contributed by atoms with Gasteiger partial charge in [-0.1, -0.05) is 24.3 Å². The first kappa shape index (κ1) is 17.4. The Bertz CT molecular complexity index is 624. The lowest BCUT2D eigenvalue weighted by Gasteiger charge is -2.10. The minimum absolute atomic E-state index is 0.236. The molecule has 1 heterocycles. The summed E-state index contributed by atoms with van der Waals surface area (Å²) in [6.45, 7) is 5.46. The van der Waals surface area contributed by atoms with Crippen molar-refractivity contribution in [3.8, 4) is 5.75 Å². The number of Topliss-reactive ketones (excluding diaryl/α,β-unsaturated/α-hetero) is 1. The molecule has 1 aliphatic heterocycles. The van der Waals surface area contributed by atoms with E-state index in [0.29, 0.717) is 6.42 Å². The number of carbonyl (C=O) groups is 1.